The molecule has 4 fully saturated rings. The van der Waals surface area contributed by atoms with Crippen molar-refractivity contribution in [2.75, 3.05) is 32.8 Å². The SMILES string of the molecule is CC(NC(=O)Cn1cnnn1)[C@H]1C(=O)N2C(C(=O)O)=C(S[C@@H]3CNC(C(=O)N4CCC5CNCC54CO)C3)[C@H](C)[C@H]12. The summed E-state index contributed by atoms with van der Waals surface area (Å²) in [6, 6.07) is -1.31. The fourth-order valence-corrected chi connectivity index (χ4v) is 8.90. The number of hydrogen-bond acceptors (Lipinski definition) is 11. The van der Waals surface area contributed by atoms with Crippen LogP contribution in [-0.2, 0) is 25.7 Å². The average molecular weight is 590 g/mol. The summed E-state index contributed by atoms with van der Waals surface area (Å²) in [7, 11) is 0. The molecule has 222 valence electrons. The van der Waals surface area contributed by atoms with Crippen LogP contribution in [0.15, 0.2) is 16.9 Å². The van der Waals surface area contributed by atoms with E-state index in [4.69, 9.17) is 0 Å². The Morgan fingerprint density at radius 3 is 2.83 bits per heavy atom. The molecule has 0 saturated carbocycles. The minimum atomic E-state index is -1.16. The Labute approximate surface area is 240 Å². The van der Waals surface area contributed by atoms with Crippen molar-refractivity contribution in [3.05, 3.63) is 16.9 Å². The Hall–Kier alpha value is -3.08. The molecule has 5 aliphatic heterocycles. The zero-order valence-electron chi connectivity index (χ0n) is 22.9. The number of aromatic nitrogens is 4. The molecule has 4 saturated heterocycles. The maximum Gasteiger partial charge on any atom is 0.353 e. The first kappa shape index (κ1) is 28.1. The van der Waals surface area contributed by atoms with E-state index >= 15 is 0 Å². The number of likely N-dealkylation sites (tertiary alicyclic amines) is 1. The number of aliphatic hydroxyl groups excluding tert-OH is 1. The normalized spacial score (nSPS) is 35.0. The van der Waals surface area contributed by atoms with Crippen molar-refractivity contribution in [1.29, 1.82) is 0 Å². The van der Waals surface area contributed by atoms with Crippen LogP contribution in [0.4, 0.5) is 0 Å². The summed E-state index contributed by atoms with van der Waals surface area (Å²) in [4.78, 5) is 55.4. The second-order valence-electron chi connectivity index (χ2n) is 11.7. The second kappa shape index (κ2) is 10.6. The van der Waals surface area contributed by atoms with Gasteiger partial charge in [-0.2, -0.15) is 0 Å². The number of carboxylic acids is 1. The van der Waals surface area contributed by atoms with Gasteiger partial charge in [0.05, 0.1) is 30.1 Å². The number of carbonyl (C=O) groups excluding carboxylic acids is 3. The lowest BCUT2D eigenvalue weighted by atomic mass is 9.78. The number of fused-ring (bicyclic) bond motifs is 2. The van der Waals surface area contributed by atoms with Crippen LogP contribution in [0.3, 0.4) is 0 Å². The third kappa shape index (κ3) is 4.51. The molecule has 0 bridgehead atoms. The standard InChI is InChI=1S/C25H35N9O6S/c1-12-19-18(13(2)29-17(36)8-32-11-28-30-31-32)23(38)34(19)20(24(39)40)21(12)41-15-5-16(27-7-15)22(37)33-4-3-14-6-26-9-25(14,33)10-35/h11-16,18-19,26-27,35H,3-10H2,1-2H3,(H,29,36)(H,39,40)/t12-,13?,14?,15+,16?,18-,19-,25?/m1/s1. The van der Waals surface area contributed by atoms with E-state index in [2.05, 4.69) is 31.5 Å². The number of thioether (sulfide) groups is 1. The smallest absolute Gasteiger partial charge is 0.353 e. The summed E-state index contributed by atoms with van der Waals surface area (Å²) in [6.07, 6.45) is 2.70. The topological polar surface area (TPSA) is 195 Å². The average Bonchev–Trinajstić information content (AvgIpc) is 3.74. The lowest BCUT2D eigenvalue weighted by Crippen LogP contribution is -2.66. The van der Waals surface area contributed by atoms with E-state index in [1.165, 1.54) is 27.7 Å². The summed E-state index contributed by atoms with van der Waals surface area (Å²) < 4.78 is 1.28. The van der Waals surface area contributed by atoms with Gasteiger partial charge in [-0.1, -0.05) is 6.92 Å². The highest BCUT2D eigenvalue weighted by molar-refractivity contribution is 8.03. The monoisotopic (exact) mass is 589 g/mol. The van der Waals surface area contributed by atoms with Crippen molar-refractivity contribution >= 4 is 35.5 Å². The van der Waals surface area contributed by atoms with Crippen molar-refractivity contribution < 1.29 is 29.4 Å². The summed E-state index contributed by atoms with van der Waals surface area (Å²) in [5.74, 6) is -2.43. The molecule has 41 heavy (non-hydrogen) atoms. The maximum atomic E-state index is 13.5. The molecule has 15 nitrogen and oxygen atoms in total. The maximum absolute atomic E-state index is 13.5. The number of hydrogen-bond donors (Lipinski definition) is 5. The Balaban J connectivity index is 1.11. The highest BCUT2D eigenvalue weighted by Gasteiger charge is 2.61. The quantitative estimate of drug-likeness (QED) is 0.192. The van der Waals surface area contributed by atoms with Crippen LogP contribution in [-0.4, -0.2) is 126 Å². The molecule has 6 heterocycles. The van der Waals surface area contributed by atoms with Gasteiger partial charge >= 0.3 is 5.97 Å². The van der Waals surface area contributed by atoms with Crippen molar-refractivity contribution in [2.24, 2.45) is 17.8 Å². The largest absolute Gasteiger partial charge is 0.477 e. The Bertz CT molecular complexity index is 1280. The molecule has 5 N–H and O–H groups in total. The van der Waals surface area contributed by atoms with Gasteiger partial charge < -0.3 is 36.0 Å². The van der Waals surface area contributed by atoms with Crippen molar-refractivity contribution in [1.82, 2.24) is 46.0 Å². The van der Waals surface area contributed by atoms with Gasteiger partial charge in [-0.3, -0.25) is 14.4 Å². The van der Waals surface area contributed by atoms with Gasteiger partial charge in [0.25, 0.3) is 0 Å². The van der Waals surface area contributed by atoms with Gasteiger partial charge in [-0.05, 0) is 36.1 Å². The van der Waals surface area contributed by atoms with Crippen LogP contribution >= 0.6 is 11.8 Å². The predicted octanol–water partition coefficient (Wildman–Crippen LogP) is -2.40. The number of amides is 3. The molecule has 6 rings (SSSR count). The Kier molecular flexibility index (Phi) is 7.28. The zero-order chi connectivity index (χ0) is 29.1. The molecule has 0 aromatic carbocycles. The lowest BCUT2D eigenvalue weighted by molar-refractivity contribution is -0.158. The molecule has 16 heteroatoms. The summed E-state index contributed by atoms with van der Waals surface area (Å²) >= 11 is 1.42. The summed E-state index contributed by atoms with van der Waals surface area (Å²) in [6.45, 7) is 6.02. The van der Waals surface area contributed by atoms with Crippen molar-refractivity contribution in [3.63, 3.8) is 0 Å². The third-order valence-electron chi connectivity index (χ3n) is 9.46. The van der Waals surface area contributed by atoms with Gasteiger partial charge in [0.2, 0.25) is 17.7 Å². The molecule has 3 amide bonds. The molecule has 5 aliphatic rings. The molecule has 8 atom stereocenters. The number of carboxylic acid groups (broad SMARTS) is 1. The van der Waals surface area contributed by atoms with Gasteiger partial charge in [0, 0.05) is 48.3 Å². The van der Waals surface area contributed by atoms with Gasteiger partial charge in [0.15, 0.2) is 0 Å². The van der Waals surface area contributed by atoms with Gasteiger partial charge in [0.1, 0.15) is 18.6 Å². The number of tetrazole rings is 1. The first-order chi connectivity index (χ1) is 19.7. The van der Waals surface area contributed by atoms with Crippen molar-refractivity contribution in [3.8, 4) is 0 Å². The number of β-lactam (4-membered cyclic amide) rings is 1. The molecule has 0 spiro atoms. The van der Waals surface area contributed by atoms with Crippen LogP contribution in [0.25, 0.3) is 0 Å². The number of nitrogens with one attached hydrogen (secondary N) is 3. The van der Waals surface area contributed by atoms with Crippen LogP contribution in [0, 0.1) is 17.8 Å². The zero-order valence-corrected chi connectivity index (χ0v) is 23.7. The van der Waals surface area contributed by atoms with E-state index in [0.29, 0.717) is 31.0 Å². The molecule has 1 aromatic rings. The van der Waals surface area contributed by atoms with Gasteiger partial charge in [-0.25, -0.2) is 9.48 Å². The first-order valence-corrected chi connectivity index (χ1v) is 14.9. The first-order valence-electron chi connectivity index (χ1n) is 14.0. The summed E-state index contributed by atoms with van der Waals surface area (Å²) in [5, 5.41) is 40.4. The van der Waals surface area contributed by atoms with E-state index in [-0.39, 0.29) is 59.7 Å². The summed E-state index contributed by atoms with van der Waals surface area (Å²) in [5.41, 5.74) is -0.558. The number of rotatable bonds is 9. The van der Waals surface area contributed by atoms with Crippen LogP contribution in [0.1, 0.15) is 26.7 Å². The minimum Gasteiger partial charge on any atom is -0.477 e. The minimum absolute atomic E-state index is 0.00519. The van der Waals surface area contributed by atoms with Crippen LogP contribution in [0.5, 0.6) is 0 Å². The van der Waals surface area contributed by atoms with E-state index in [9.17, 15) is 29.4 Å². The molecule has 4 unspecified atom stereocenters. The number of aliphatic hydroxyl groups is 1. The number of carbonyl (C=O) groups is 4. The van der Waals surface area contributed by atoms with Crippen molar-refractivity contribution in [2.45, 2.75) is 62.1 Å². The van der Waals surface area contributed by atoms with E-state index in [1.54, 1.807) is 6.92 Å². The molecular weight excluding hydrogens is 554 g/mol. The molecular formula is C25H35N9O6S. The highest BCUT2D eigenvalue weighted by Crippen LogP contribution is 2.52. The van der Waals surface area contributed by atoms with E-state index in [0.717, 1.165) is 13.0 Å². The number of aliphatic carboxylic acids is 1. The van der Waals surface area contributed by atoms with E-state index in [1.807, 2.05) is 11.8 Å². The fourth-order valence-electron chi connectivity index (χ4n) is 7.43. The second-order valence-corrected chi connectivity index (χ2v) is 13.0. The predicted molar refractivity (Wildman–Crippen MR) is 144 cm³/mol. The molecule has 0 aliphatic carbocycles. The fraction of sp³-hybridized carbons (Fsp3) is 0.720. The van der Waals surface area contributed by atoms with Crippen LogP contribution < -0.4 is 16.0 Å². The van der Waals surface area contributed by atoms with Crippen LogP contribution in [0.2, 0.25) is 0 Å². The molecule has 0 radical (unpaired) electrons. The highest BCUT2D eigenvalue weighted by atomic mass is 32.2. The Morgan fingerprint density at radius 2 is 2.12 bits per heavy atom. The Morgan fingerprint density at radius 1 is 1.32 bits per heavy atom. The van der Waals surface area contributed by atoms with Gasteiger partial charge in [-0.15, -0.1) is 16.9 Å². The third-order valence-corrected chi connectivity index (χ3v) is 11.0. The number of nitrogens with zero attached hydrogens (tertiary/aromatic N) is 6. The molecule has 1 aromatic heterocycles. The van der Waals surface area contributed by atoms with E-state index < -0.39 is 29.5 Å². The lowest BCUT2D eigenvalue weighted by Gasteiger charge is -2.47.